The van der Waals surface area contributed by atoms with Gasteiger partial charge >= 0.3 is 0 Å². The zero-order valence-electron chi connectivity index (χ0n) is 41.0. The van der Waals surface area contributed by atoms with Crippen LogP contribution in [0.2, 0.25) is 0 Å². The van der Waals surface area contributed by atoms with E-state index < -0.39 is 8.07 Å². The molecule has 0 aliphatic carbocycles. The highest BCUT2D eigenvalue weighted by atomic mass is 28.3. The van der Waals surface area contributed by atoms with Gasteiger partial charge in [-0.25, -0.2) is 9.97 Å². The fraction of sp³-hybridized carbons (Fsp3) is 0. The zero-order valence-corrected chi connectivity index (χ0v) is 42.0. The second-order valence-electron chi connectivity index (χ2n) is 19.3. The van der Waals surface area contributed by atoms with Gasteiger partial charge in [0.05, 0.1) is 27.8 Å². The first-order valence-electron chi connectivity index (χ1n) is 25.6. The SMILES string of the molecule is c1ccc(-c2cc(-c3ccccc3)cc(-c3cc(-n4c5ccccc5c5cc(-n6c7ccccc7c7ccccc76)ccc54)nc(-c4cccc([Si](c5ccccc5)(c5ccccc5)c5ccccc5)c4)n3)c2)cc1. The van der Waals surface area contributed by atoms with Crippen LogP contribution in [0.15, 0.2) is 291 Å². The molecule has 4 nitrogen and oxygen atoms in total. The van der Waals surface area contributed by atoms with E-state index in [1.165, 1.54) is 42.6 Å². The molecule has 75 heavy (non-hydrogen) atoms. The lowest BCUT2D eigenvalue weighted by molar-refractivity contribution is 1.05. The van der Waals surface area contributed by atoms with Crippen LogP contribution in [-0.4, -0.2) is 27.2 Å². The molecule has 0 saturated heterocycles. The first-order chi connectivity index (χ1) is 37.2. The van der Waals surface area contributed by atoms with E-state index in [-0.39, 0.29) is 0 Å². The van der Waals surface area contributed by atoms with Gasteiger partial charge in [0.1, 0.15) is 5.82 Å². The highest BCUT2D eigenvalue weighted by molar-refractivity contribution is 7.19. The molecule has 0 bridgehead atoms. The summed E-state index contributed by atoms with van der Waals surface area (Å²) in [4.78, 5) is 11.3. The van der Waals surface area contributed by atoms with Crippen molar-refractivity contribution in [3.63, 3.8) is 0 Å². The molecule has 0 aliphatic rings. The maximum atomic E-state index is 5.69. The molecule has 0 N–H and O–H groups in total. The summed E-state index contributed by atoms with van der Waals surface area (Å²) in [5.74, 6) is 1.45. The number of nitrogens with zero attached hydrogens (tertiary/aromatic N) is 4. The van der Waals surface area contributed by atoms with Crippen LogP contribution in [-0.2, 0) is 0 Å². The number of aromatic nitrogens is 4. The summed E-state index contributed by atoms with van der Waals surface area (Å²) >= 11 is 0. The van der Waals surface area contributed by atoms with Gasteiger partial charge in [0.2, 0.25) is 0 Å². The maximum absolute atomic E-state index is 5.69. The quantitative estimate of drug-likeness (QED) is 0.101. The minimum absolute atomic E-state index is 0.653. The van der Waals surface area contributed by atoms with Crippen LogP contribution in [0.25, 0.3) is 100 Å². The number of benzene rings is 11. The Balaban J connectivity index is 1.03. The van der Waals surface area contributed by atoms with Crippen LogP contribution < -0.4 is 20.7 Å². The van der Waals surface area contributed by atoms with Crippen molar-refractivity contribution < 1.29 is 0 Å². The Bertz CT molecular complexity index is 4190. The molecule has 14 rings (SSSR count). The lowest BCUT2D eigenvalue weighted by atomic mass is 9.95. The highest BCUT2D eigenvalue weighted by Crippen LogP contribution is 2.39. The average molecular weight is 973 g/mol. The first kappa shape index (κ1) is 44.1. The van der Waals surface area contributed by atoms with E-state index >= 15 is 0 Å². The van der Waals surface area contributed by atoms with Gasteiger partial charge in [-0.15, -0.1) is 0 Å². The fourth-order valence-corrected chi connectivity index (χ4v) is 16.5. The topological polar surface area (TPSA) is 35.6 Å². The predicted molar refractivity (Wildman–Crippen MR) is 316 cm³/mol. The van der Waals surface area contributed by atoms with Gasteiger partial charge in [0, 0.05) is 44.4 Å². The smallest absolute Gasteiger partial charge is 0.179 e. The Hall–Kier alpha value is -9.68. The number of para-hydroxylation sites is 3. The Morgan fingerprint density at radius 3 is 1.20 bits per heavy atom. The number of hydrogen-bond donors (Lipinski definition) is 0. The summed E-state index contributed by atoms with van der Waals surface area (Å²) in [6.07, 6.45) is 0. The molecule has 0 amide bonds. The van der Waals surface area contributed by atoms with Crippen LogP contribution in [0, 0.1) is 0 Å². The minimum Gasteiger partial charge on any atom is -0.309 e. The van der Waals surface area contributed by atoms with E-state index in [4.69, 9.17) is 9.97 Å². The van der Waals surface area contributed by atoms with Crippen molar-refractivity contribution in [3.05, 3.63) is 291 Å². The summed E-state index contributed by atoms with van der Waals surface area (Å²) in [7, 11) is -2.90. The lowest BCUT2D eigenvalue weighted by Gasteiger charge is -2.34. The molecule has 14 aromatic rings. The second-order valence-corrected chi connectivity index (χ2v) is 23.1. The lowest BCUT2D eigenvalue weighted by Crippen LogP contribution is -2.74. The summed E-state index contributed by atoms with van der Waals surface area (Å²) in [5, 5.41) is 9.97. The van der Waals surface area contributed by atoms with Gasteiger partial charge in [-0.3, -0.25) is 4.57 Å². The largest absolute Gasteiger partial charge is 0.309 e. The van der Waals surface area contributed by atoms with E-state index in [2.05, 4.69) is 300 Å². The summed E-state index contributed by atoms with van der Waals surface area (Å²) in [5.41, 5.74) is 12.9. The van der Waals surface area contributed by atoms with E-state index in [0.29, 0.717) is 5.82 Å². The van der Waals surface area contributed by atoms with Crippen molar-refractivity contribution in [2.24, 2.45) is 0 Å². The van der Waals surface area contributed by atoms with Crippen molar-refractivity contribution in [2.75, 3.05) is 0 Å². The average Bonchev–Trinajstić information content (AvgIpc) is 4.03. The van der Waals surface area contributed by atoms with Crippen LogP contribution in [0.1, 0.15) is 0 Å². The molecule has 11 aromatic carbocycles. The third kappa shape index (κ3) is 7.51. The Morgan fingerprint density at radius 2 is 0.667 bits per heavy atom. The van der Waals surface area contributed by atoms with Crippen LogP contribution in [0.3, 0.4) is 0 Å². The van der Waals surface area contributed by atoms with Crippen molar-refractivity contribution in [2.45, 2.75) is 0 Å². The summed E-state index contributed by atoms with van der Waals surface area (Å²) in [6.45, 7) is 0. The van der Waals surface area contributed by atoms with Gasteiger partial charge in [0.25, 0.3) is 0 Å². The molecule has 0 atom stereocenters. The number of fused-ring (bicyclic) bond motifs is 6. The highest BCUT2D eigenvalue weighted by Gasteiger charge is 2.41. The standard InChI is InChI=1S/C70H48N4Si/c1-6-23-49(24-7-1)52-43-53(50-25-8-2-9-26-50)45-54(44-52)64-48-69(74-67-40-21-18-37-62(67)63-47-55(41-42-68(63)74)73-65-38-19-16-35-60(65)61-36-17-20-39-66(61)73)72-70(71-64)51-27-22-34-59(46-51)75(56-28-10-3-11-29-56,57-30-12-4-13-31-57)58-32-14-5-15-33-58/h1-48H. The molecule has 0 unspecified atom stereocenters. The summed E-state index contributed by atoms with van der Waals surface area (Å²) < 4.78 is 4.74. The monoisotopic (exact) mass is 972 g/mol. The van der Waals surface area contributed by atoms with Crippen LogP contribution in [0.4, 0.5) is 0 Å². The van der Waals surface area contributed by atoms with Crippen molar-refractivity contribution in [3.8, 4) is 56.4 Å². The molecule has 0 spiro atoms. The van der Waals surface area contributed by atoms with Gasteiger partial charge < -0.3 is 4.57 Å². The number of hydrogen-bond acceptors (Lipinski definition) is 2. The Kier molecular flexibility index (Phi) is 10.8. The minimum atomic E-state index is -2.90. The molecular weight excluding hydrogens is 925 g/mol. The van der Waals surface area contributed by atoms with Gasteiger partial charge in [0.15, 0.2) is 13.9 Å². The normalized spacial score (nSPS) is 11.7. The molecule has 0 fully saturated rings. The molecular formula is C70H48N4Si. The molecule has 352 valence electrons. The van der Waals surface area contributed by atoms with Gasteiger partial charge in [-0.1, -0.05) is 231 Å². The molecule has 3 aromatic heterocycles. The van der Waals surface area contributed by atoms with Crippen molar-refractivity contribution in [1.82, 2.24) is 19.1 Å². The van der Waals surface area contributed by atoms with Crippen LogP contribution in [0.5, 0.6) is 0 Å². The van der Waals surface area contributed by atoms with Crippen molar-refractivity contribution in [1.29, 1.82) is 0 Å². The molecule has 0 saturated carbocycles. The third-order valence-electron chi connectivity index (χ3n) is 15.1. The van der Waals surface area contributed by atoms with Crippen LogP contribution >= 0.6 is 0 Å². The Morgan fingerprint density at radius 1 is 0.253 bits per heavy atom. The summed E-state index contributed by atoms with van der Waals surface area (Å²) in [6, 6.07) is 106. The number of rotatable bonds is 10. The molecule has 0 aliphatic heterocycles. The molecule has 3 heterocycles. The zero-order chi connectivity index (χ0) is 49.7. The van der Waals surface area contributed by atoms with E-state index in [0.717, 1.165) is 72.4 Å². The van der Waals surface area contributed by atoms with E-state index in [1.807, 2.05) is 0 Å². The maximum Gasteiger partial charge on any atom is 0.179 e. The molecule has 0 radical (unpaired) electrons. The fourth-order valence-electron chi connectivity index (χ4n) is 11.7. The second kappa shape index (κ2) is 18.4. The first-order valence-corrected chi connectivity index (χ1v) is 27.6. The van der Waals surface area contributed by atoms with Gasteiger partial charge in [-0.2, -0.15) is 0 Å². The Labute approximate surface area is 436 Å². The third-order valence-corrected chi connectivity index (χ3v) is 19.8. The molecule has 5 heteroatoms. The van der Waals surface area contributed by atoms with Crippen molar-refractivity contribution >= 4 is 72.4 Å². The van der Waals surface area contributed by atoms with E-state index in [9.17, 15) is 0 Å². The predicted octanol–water partition coefficient (Wildman–Crippen LogP) is 14.7. The van der Waals surface area contributed by atoms with E-state index in [1.54, 1.807) is 0 Å². The van der Waals surface area contributed by atoms with Gasteiger partial charge in [-0.05, 0) is 97.6 Å².